The van der Waals surface area contributed by atoms with Gasteiger partial charge in [0.15, 0.2) is 0 Å². The summed E-state index contributed by atoms with van der Waals surface area (Å²) >= 11 is 0. The summed E-state index contributed by atoms with van der Waals surface area (Å²) in [6.07, 6.45) is 3.29. The van der Waals surface area contributed by atoms with Gasteiger partial charge < -0.3 is 0 Å². The van der Waals surface area contributed by atoms with Gasteiger partial charge >= 0.3 is 0 Å². The first-order valence-electron chi connectivity index (χ1n) is 10.9. The number of benzene rings is 3. The average molecular weight is 383 g/mol. The number of rotatable bonds is 5. The molecule has 0 aliphatic carbocycles. The van der Waals surface area contributed by atoms with Crippen molar-refractivity contribution in [3.05, 3.63) is 103 Å². The zero-order valence-corrected chi connectivity index (χ0v) is 18.9. The van der Waals surface area contributed by atoms with Gasteiger partial charge in [-0.05, 0) is 101 Å². The van der Waals surface area contributed by atoms with E-state index in [0.717, 1.165) is 24.5 Å². The Morgan fingerprint density at radius 1 is 0.724 bits per heavy atom. The summed E-state index contributed by atoms with van der Waals surface area (Å²) in [7, 11) is 0. The highest BCUT2D eigenvalue weighted by Crippen LogP contribution is 2.29. The van der Waals surface area contributed by atoms with Gasteiger partial charge in [0.2, 0.25) is 0 Å². The summed E-state index contributed by atoms with van der Waals surface area (Å²) in [5.41, 5.74) is 12.2. The average Bonchev–Trinajstić information content (AvgIpc) is 2.68. The van der Waals surface area contributed by atoms with Gasteiger partial charge in [0, 0.05) is 0 Å². The molecule has 3 aromatic rings. The zero-order chi connectivity index (χ0) is 21.1. The van der Waals surface area contributed by atoms with Crippen molar-refractivity contribution in [3.8, 4) is 0 Å². The third-order valence-corrected chi connectivity index (χ3v) is 6.08. The van der Waals surface area contributed by atoms with Crippen molar-refractivity contribution in [2.24, 2.45) is 0 Å². The Labute approximate surface area is 176 Å². The van der Waals surface area contributed by atoms with Gasteiger partial charge in [-0.1, -0.05) is 75.4 Å². The quantitative estimate of drug-likeness (QED) is 0.501. The molecule has 0 atom stereocenters. The maximum atomic E-state index is 4.27. The minimum absolute atomic E-state index is 1.00. The molecule has 150 valence electrons. The van der Waals surface area contributed by atoms with Crippen LogP contribution in [0.1, 0.15) is 64.8 Å². The maximum absolute atomic E-state index is 4.27. The predicted octanol–water partition coefficient (Wildman–Crippen LogP) is 6.09. The van der Waals surface area contributed by atoms with E-state index in [4.69, 9.17) is 0 Å². The van der Waals surface area contributed by atoms with Crippen LogP contribution in [0.3, 0.4) is 0 Å². The van der Waals surface area contributed by atoms with E-state index in [0.29, 0.717) is 0 Å². The van der Waals surface area contributed by atoms with Gasteiger partial charge in [0.25, 0.3) is 0 Å². The molecule has 0 bridgehead atoms. The molecule has 3 rings (SSSR count). The summed E-state index contributed by atoms with van der Waals surface area (Å²) in [6.45, 7) is 17.7. The molecule has 0 saturated carbocycles. The van der Waals surface area contributed by atoms with E-state index < -0.39 is 0 Å². The lowest BCUT2D eigenvalue weighted by molar-refractivity contribution is 0.911. The molecule has 0 amide bonds. The highest BCUT2D eigenvalue weighted by atomic mass is 14.2. The van der Waals surface area contributed by atoms with Crippen molar-refractivity contribution in [1.82, 2.24) is 0 Å². The van der Waals surface area contributed by atoms with Crippen LogP contribution >= 0.6 is 0 Å². The molecular formula is C29H34. The zero-order valence-electron chi connectivity index (χ0n) is 18.9. The van der Waals surface area contributed by atoms with Crippen molar-refractivity contribution in [2.45, 2.75) is 60.8 Å². The topological polar surface area (TPSA) is 0 Å². The Kier molecular flexibility index (Phi) is 6.42. The second-order valence-corrected chi connectivity index (χ2v) is 8.32. The van der Waals surface area contributed by atoms with E-state index in [9.17, 15) is 0 Å². The monoisotopic (exact) mass is 382 g/mol. The summed E-state index contributed by atoms with van der Waals surface area (Å²) in [4.78, 5) is 0. The minimum Gasteiger partial charge on any atom is -0.0915 e. The fourth-order valence-corrected chi connectivity index (χ4v) is 4.40. The van der Waals surface area contributed by atoms with Crippen LogP contribution in [-0.4, -0.2) is 0 Å². The van der Waals surface area contributed by atoms with Crippen molar-refractivity contribution >= 4 is 12.2 Å². The molecule has 3 aromatic carbocycles. The summed E-state index contributed by atoms with van der Waals surface area (Å²) in [5, 5.41) is 2.48. The lowest BCUT2D eigenvalue weighted by atomic mass is 9.85. The molecule has 0 N–H and O–H groups in total. The van der Waals surface area contributed by atoms with Crippen molar-refractivity contribution < 1.29 is 0 Å². The van der Waals surface area contributed by atoms with E-state index in [1.807, 2.05) is 0 Å². The Morgan fingerprint density at radius 2 is 1.45 bits per heavy atom. The minimum atomic E-state index is 1.00. The molecule has 0 unspecified atom stereocenters. The Bertz CT molecular complexity index is 1150. The highest BCUT2D eigenvalue weighted by Gasteiger charge is 2.15. The molecule has 0 nitrogen and oxygen atoms in total. The van der Waals surface area contributed by atoms with Crippen molar-refractivity contribution in [2.75, 3.05) is 0 Å². The number of hydrogen-bond donors (Lipinski definition) is 0. The van der Waals surface area contributed by atoms with Crippen LogP contribution < -0.4 is 10.4 Å². The summed E-state index contributed by atoms with van der Waals surface area (Å²) < 4.78 is 0. The number of aryl methyl sites for hydroxylation is 6. The summed E-state index contributed by atoms with van der Waals surface area (Å²) in [6, 6.07) is 18.2. The highest BCUT2D eigenvalue weighted by molar-refractivity contribution is 5.83. The Balaban J connectivity index is 2.50. The first kappa shape index (κ1) is 21.1. The van der Waals surface area contributed by atoms with Gasteiger partial charge in [-0.3, -0.25) is 0 Å². The molecule has 0 heterocycles. The third-order valence-electron chi connectivity index (χ3n) is 6.08. The lowest BCUT2D eigenvalue weighted by Crippen LogP contribution is -2.21. The SMILES string of the molecule is C=c1cc(C)/c(=C(/c2ccccc2C)c2cc(CCC)c(C)cc2C)cc1CC. The number of hydrogen-bond acceptors (Lipinski definition) is 0. The molecule has 0 spiro atoms. The fourth-order valence-electron chi connectivity index (χ4n) is 4.40. The van der Waals surface area contributed by atoms with Crippen LogP contribution in [0.25, 0.3) is 12.2 Å². The van der Waals surface area contributed by atoms with Crippen molar-refractivity contribution in [1.29, 1.82) is 0 Å². The van der Waals surface area contributed by atoms with Crippen LogP contribution in [0.15, 0.2) is 48.5 Å². The molecule has 0 radical (unpaired) electrons. The second-order valence-electron chi connectivity index (χ2n) is 8.32. The first-order valence-corrected chi connectivity index (χ1v) is 10.9. The van der Waals surface area contributed by atoms with E-state index in [1.54, 1.807) is 0 Å². The maximum Gasteiger partial charge on any atom is -0.00307 e. The predicted molar refractivity (Wildman–Crippen MR) is 128 cm³/mol. The van der Waals surface area contributed by atoms with Gasteiger partial charge in [0.1, 0.15) is 0 Å². The fraction of sp³-hybridized carbons (Fsp3) is 0.310. The molecule has 0 fully saturated rings. The third kappa shape index (κ3) is 4.22. The van der Waals surface area contributed by atoms with Crippen LogP contribution in [-0.2, 0) is 12.8 Å². The van der Waals surface area contributed by atoms with E-state index in [-0.39, 0.29) is 0 Å². The largest absolute Gasteiger partial charge is 0.0915 e. The first-order chi connectivity index (χ1) is 13.9. The molecule has 0 aliphatic heterocycles. The van der Waals surface area contributed by atoms with Gasteiger partial charge in [-0.25, -0.2) is 0 Å². The van der Waals surface area contributed by atoms with Crippen LogP contribution in [0.2, 0.25) is 0 Å². The van der Waals surface area contributed by atoms with Crippen LogP contribution in [0.4, 0.5) is 0 Å². The molecule has 0 heteroatoms. The second kappa shape index (κ2) is 8.82. The van der Waals surface area contributed by atoms with Gasteiger partial charge in [-0.15, -0.1) is 0 Å². The van der Waals surface area contributed by atoms with E-state index >= 15 is 0 Å². The Hall–Kier alpha value is -2.60. The standard InChI is InChI=1S/C29H34/c1-8-12-25-18-28(23(7)16-21(25)5)29(26-14-11-10-13-19(26)3)27-17-24(9-2)20(4)15-22(27)6/h10-11,13-18H,4,8-9,12H2,1-3,5-7H3/b29-27-. The van der Waals surface area contributed by atoms with Gasteiger partial charge in [0.05, 0.1) is 0 Å². The normalized spacial score (nSPS) is 12.2. The van der Waals surface area contributed by atoms with Gasteiger partial charge in [-0.2, -0.15) is 0 Å². The summed E-state index contributed by atoms with van der Waals surface area (Å²) in [5.74, 6) is 0. The molecule has 29 heavy (non-hydrogen) atoms. The smallest absolute Gasteiger partial charge is 0.00307 e. The molecular weight excluding hydrogens is 348 g/mol. The van der Waals surface area contributed by atoms with Crippen LogP contribution in [0, 0.1) is 27.7 Å². The van der Waals surface area contributed by atoms with E-state index in [2.05, 4.69) is 96.7 Å². The van der Waals surface area contributed by atoms with E-state index in [1.165, 1.54) is 55.3 Å². The van der Waals surface area contributed by atoms with Crippen LogP contribution in [0.5, 0.6) is 0 Å². The molecule has 0 saturated heterocycles. The molecule has 0 aliphatic rings. The lowest BCUT2D eigenvalue weighted by Gasteiger charge is -2.18. The Morgan fingerprint density at radius 3 is 2.10 bits per heavy atom. The van der Waals surface area contributed by atoms with Crippen molar-refractivity contribution in [3.63, 3.8) is 0 Å². The molecule has 0 aromatic heterocycles.